The van der Waals surface area contributed by atoms with Crippen molar-refractivity contribution in [1.82, 2.24) is 5.32 Å². The Bertz CT molecular complexity index is 263. The molecule has 1 fully saturated rings. The molecule has 18 heavy (non-hydrogen) atoms. The molecule has 0 aromatic heterocycles. The number of thioether (sulfide) groups is 1. The quantitative estimate of drug-likeness (QED) is 0.773. The van der Waals surface area contributed by atoms with Gasteiger partial charge >= 0.3 is 0 Å². The molecule has 108 valence electrons. The first-order chi connectivity index (χ1) is 7.83. The summed E-state index contributed by atoms with van der Waals surface area (Å²) in [7, 11) is 0. The zero-order chi connectivity index (χ0) is 12.9. The van der Waals surface area contributed by atoms with E-state index in [4.69, 9.17) is 10.5 Å². The number of hydrogen-bond donors (Lipinski definition) is 2. The maximum Gasteiger partial charge on any atom is 0.240 e. The summed E-state index contributed by atoms with van der Waals surface area (Å²) >= 11 is 1.84. The van der Waals surface area contributed by atoms with Crippen LogP contribution in [-0.4, -0.2) is 41.7 Å². The Kier molecular flexibility index (Phi) is 7.59. The van der Waals surface area contributed by atoms with Crippen LogP contribution in [0.5, 0.6) is 0 Å². The van der Waals surface area contributed by atoms with Gasteiger partial charge < -0.3 is 15.8 Å². The van der Waals surface area contributed by atoms with Crippen molar-refractivity contribution in [2.45, 2.75) is 43.9 Å². The first-order valence-electron chi connectivity index (χ1n) is 6.12. The van der Waals surface area contributed by atoms with Gasteiger partial charge in [0.15, 0.2) is 0 Å². The fraction of sp³-hybridized carbons (Fsp3) is 0.917. The molecule has 1 aliphatic rings. The second-order valence-corrected chi connectivity index (χ2v) is 7.41. The van der Waals surface area contributed by atoms with Crippen LogP contribution in [0.1, 0.15) is 33.6 Å². The molecule has 3 N–H and O–H groups in total. The van der Waals surface area contributed by atoms with Crippen LogP contribution < -0.4 is 11.1 Å². The van der Waals surface area contributed by atoms with Crippen molar-refractivity contribution >= 4 is 30.1 Å². The summed E-state index contributed by atoms with van der Waals surface area (Å²) in [5.74, 6) is 0.886. The van der Waals surface area contributed by atoms with E-state index in [-0.39, 0.29) is 23.1 Å². The molecule has 0 atom stereocenters. The monoisotopic (exact) mass is 296 g/mol. The standard InChI is InChI=1S/C12H24N2O2S.ClH/c1-11(2,3)17-9-6-14-10(15)12(13)4-7-16-8-5-12;/h4-9,13H2,1-3H3,(H,14,15);1H. The smallest absolute Gasteiger partial charge is 0.240 e. The van der Waals surface area contributed by atoms with Gasteiger partial charge in [-0.1, -0.05) is 20.8 Å². The van der Waals surface area contributed by atoms with Crippen LogP contribution in [0.25, 0.3) is 0 Å². The molecule has 0 aromatic rings. The Morgan fingerprint density at radius 1 is 1.39 bits per heavy atom. The number of nitrogens with two attached hydrogens (primary N) is 1. The molecular formula is C12H25ClN2O2S. The number of amides is 1. The zero-order valence-electron chi connectivity index (χ0n) is 11.5. The van der Waals surface area contributed by atoms with E-state index in [1.165, 1.54) is 0 Å². The summed E-state index contributed by atoms with van der Waals surface area (Å²) in [5, 5.41) is 2.93. The second kappa shape index (κ2) is 7.58. The van der Waals surface area contributed by atoms with Gasteiger partial charge in [0.25, 0.3) is 0 Å². The molecule has 0 saturated carbocycles. The van der Waals surface area contributed by atoms with Crippen molar-refractivity contribution in [2.75, 3.05) is 25.5 Å². The van der Waals surface area contributed by atoms with Crippen molar-refractivity contribution < 1.29 is 9.53 Å². The Hall–Kier alpha value is 0.0300. The number of ether oxygens (including phenoxy) is 1. The average molecular weight is 297 g/mol. The lowest BCUT2D eigenvalue weighted by Crippen LogP contribution is -2.57. The van der Waals surface area contributed by atoms with Crippen molar-refractivity contribution in [1.29, 1.82) is 0 Å². The van der Waals surface area contributed by atoms with Gasteiger partial charge in [0.2, 0.25) is 5.91 Å². The van der Waals surface area contributed by atoms with E-state index in [0.29, 0.717) is 32.6 Å². The normalized spacial score (nSPS) is 18.9. The Balaban J connectivity index is 0.00000289. The van der Waals surface area contributed by atoms with Gasteiger partial charge in [-0.15, -0.1) is 12.4 Å². The van der Waals surface area contributed by atoms with E-state index in [1.807, 2.05) is 11.8 Å². The lowest BCUT2D eigenvalue weighted by Gasteiger charge is -2.31. The van der Waals surface area contributed by atoms with E-state index in [2.05, 4.69) is 26.1 Å². The zero-order valence-corrected chi connectivity index (χ0v) is 13.1. The topological polar surface area (TPSA) is 64.4 Å². The number of carbonyl (C=O) groups excluding carboxylic acids is 1. The molecule has 1 saturated heterocycles. The summed E-state index contributed by atoms with van der Waals surface area (Å²) in [6.45, 7) is 8.36. The molecular weight excluding hydrogens is 272 g/mol. The van der Waals surface area contributed by atoms with Crippen molar-refractivity contribution in [3.8, 4) is 0 Å². The Morgan fingerprint density at radius 2 is 1.94 bits per heavy atom. The van der Waals surface area contributed by atoms with E-state index >= 15 is 0 Å². The minimum Gasteiger partial charge on any atom is -0.381 e. The molecule has 0 spiro atoms. The number of carbonyl (C=O) groups is 1. The average Bonchev–Trinajstić information content (AvgIpc) is 2.24. The van der Waals surface area contributed by atoms with Crippen molar-refractivity contribution in [3.63, 3.8) is 0 Å². The SMILES string of the molecule is CC(C)(C)SCCNC(=O)C1(N)CCOCC1.Cl. The molecule has 1 heterocycles. The lowest BCUT2D eigenvalue weighted by atomic mass is 9.90. The largest absolute Gasteiger partial charge is 0.381 e. The van der Waals surface area contributed by atoms with Gasteiger partial charge in [0.1, 0.15) is 0 Å². The second-order valence-electron chi connectivity index (χ2n) is 5.49. The Morgan fingerprint density at radius 3 is 2.44 bits per heavy atom. The van der Waals surface area contributed by atoms with Gasteiger partial charge in [-0.05, 0) is 12.8 Å². The van der Waals surface area contributed by atoms with E-state index < -0.39 is 5.54 Å². The molecule has 0 bridgehead atoms. The van der Waals surface area contributed by atoms with Gasteiger partial charge in [-0.25, -0.2) is 0 Å². The van der Waals surface area contributed by atoms with Crippen LogP contribution in [0.3, 0.4) is 0 Å². The summed E-state index contributed by atoms with van der Waals surface area (Å²) in [4.78, 5) is 11.9. The van der Waals surface area contributed by atoms with Crippen LogP contribution in [-0.2, 0) is 9.53 Å². The van der Waals surface area contributed by atoms with Crippen LogP contribution in [0.15, 0.2) is 0 Å². The van der Waals surface area contributed by atoms with Gasteiger partial charge in [0, 0.05) is 30.3 Å². The number of rotatable bonds is 4. The molecule has 6 heteroatoms. The van der Waals surface area contributed by atoms with E-state index in [0.717, 1.165) is 5.75 Å². The molecule has 0 aliphatic carbocycles. The molecule has 4 nitrogen and oxygen atoms in total. The maximum absolute atomic E-state index is 11.9. The fourth-order valence-corrected chi connectivity index (χ4v) is 2.48. The number of nitrogens with one attached hydrogen (secondary N) is 1. The molecule has 0 radical (unpaired) electrons. The van der Waals surface area contributed by atoms with Crippen LogP contribution in [0, 0.1) is 0 Å². The van der Waals surface area contributed by atoms with Crippen molar-refractivity contribution in [3.05, 3.63) is 0 Å². The van der Waals surface area contributed by atoms with Crippen LogP contribution in [0.2, 0.25) is 0 Å². The Labute approximate surface area is 120 Å². The highest BCUT2D eigenvalue weighted by Gasteiger charge is 2.35. The van der Waals surface area contributed by atoms with Gasteiger partial charge in [0.05, 0.1) is 5.54 Å². The number of halogens is 1. The fourth-order valence-electron chi connectivity index (χ4n) is 1.66. The highest BCUT2D eigenvalue weighted by molar-refractivity contribution is 8.00. The first-order valence-corrected chi connectivity index (χ1v) is 7.11. The van der Waals surface area contributed by atoms with Crippen molar-refractivity contribution in [2.24, 2.45) is 5.73 Å². The lowest BCUT2D eigenvalue weighted by molar-refractivity contribution is -0.129. The van der Waals surface area contributed by atoms with E-state index in [1.54, 1.807) is 0 Å². The maximum atomic E-state index is 11.9. The third kappa shape index (κ3) is 6.27. The molecule has 1 rings (SSSR count). The molecule has 1 amide bonds. The van der Waals surface area contributed by atoms with Crippen LogP contribution >= 0.6 is 24.2 Å². The predicted molar refractivity (Wildman–Crippen MR) is 79.4 cm³/mol. The van der Waals surface area contributed by atoms with Gasteiger partial charge in [-0.3, -0.25) is 4.79 Å². The number of hydrogen-bond acceptors (Lipinski definition) is 4. The third-order valence-electron chi connectivity index (χ3n) is 2.76. The highest BCUT2D eigenvalue weighted by Crippen LogP contribution is 2.22. The third-order valence-corrected chi connectivity index (χ3v) is 4.03. The first kappa shape index (κ1) is 18.0. The summed E-state index contributed by atoms with van der Waals surface area (Å²) < 4.78 is 5.46. The predicted octanol–water partition coefficient (Wildman–Crippen LogP) is 1.56. The summed E-state index contributed by atoms with van der Waals surface area (Å²) in [6.07, 6.45) is 1.23. The minimum absolute atomic E-state index is 0. The summed E-state index contributed by atoms with van der Waals surface area (Å²) in [5.41, 5.74) is 5.35. The highest BCUT2D eigenvalue weighted by atomic mass is 35.5. The molecule has 0 unspecified atom stereocenters. The molecule has 1 aliphatic heterocycles. The van der Waals surface area contributed by atoms with Gasteiger partial charge in [-0.2, -0.15) is 11.8 Å². The van der Waals surface area contributed by atoms with E-state index in [9.17, 15) is 4.79 Å². The summed E-state index contributed by atoms with van der Waals surface area (Å²) in [6, 6.07) is 0. The minimum atomic E-state index is -0.718. The molecule has 0 aromatic carbocycles. The van der Waals surface area contributed by atoms with Crippen LogP contribution in [0.4, 0.5) is 0 Å².